The SMILES string of the molecule is O=C(O)CCCN(CCC(=O)O)CC(=O)N1CCCC1. The summed E-state index contributed by atoms with van der Waals surface area (Å²) in [7, 11) is 0. The van der Waals surface area contributed by atoms with Gasteiger partial charge >= 0.3 is 11.9 Å². The first-order chi connectivity index (χ1) is 9.49. The van der Waals surface area contributed by atoms with Crippen LogP contribution in [0.1, 0.15) is 32.1 Å². The number of nitrogens with zero attached hydrogens (tertiary/aromatic N) is 2. The van der Waals surface area contributed by atoms with Crippen molar-refractivity contribution in [1.29, 1.82) is 0 Å². The second-order valence-corrected chi connectivity index (χ2v) is 5.01. The molecule has 0 bridgehead atoms. The Morgan fingerprint density at radius 2 is 1.55 bits per heavy atom. The van der Waals surface area contributed by atoms with E-state index in [4.69, 9.17) is 10.2 Å². The largest absolute Gasteiger partial charge is 0.481 e. The van der Waals surface area contributed by atoms with Gasteiger partial charge in [-0.25, -0.2) is 0 Å². The number of aliphatic carboxylic acids is 2. The summed E-state index contributed by atoms with van der Waals surface area (Å²) in [5.41, 5.74) is 0. The van der Waals surface area contributed by atoms with Crippen molar-refractivity contribution >= 4 is 17.8 Å². The number of carbonyl (C=O) groups excluding carboxylic acids is 1. The highest BCUT2D eigenvalue weighted by atomic mass is 16.4. The van der Waals surface area contributed by atoms with Crippen LogP contribution in [0.3, 0.4) is 0 Å². The topological polar surface area (TPSA) is 98.1 Å². The number of carboxylic acids is 2. The highest BCUT2D eigenvalue weighted by Gasteiger charge is 2.20. The zero-order valence-corrected chi connectivity index (χ0v) is 11.6. The lowest BCUT2D eigenvalue weighted by Gasteiger charge is -2.24. The number of amides is 1. The van der Waals surface area contributed by atoms with Crippen molar-refractivity contribution in [2.45, 2.75) is 32.1 Å². The minimum absolute atomic E-state index is 0.00298. The van der Waals surface area contributed by atoms with E-state index in [9.17, 15) is 14.4 Å². The molecule has 0 atom stereocenters. The van der Waals surface area contributed by atoms with Crippen LogP contribution in [0.5, 0.6) is 0 Å². The first kappa shape index (κ1) is 16.4. The van der Waals surface area contributed by atoms with E-state index < -0.39 is 11.9 Å². The minimum atomic E-state index is -0.915. The van der Waals surface area contributed by atoms with Crippen molar-refractivity contribution in [2.75, 3.05) is 32.7 Å². The lowest BCUT2D eigenvalue weighted by Crippen LogP contribution is -2.40. The van der Waals surface area contributed by atoms with Gasteiger partial charge in [0.05, 0.1) is 13.0 Å². The predicted octanol–water partition coefficient (Wildman–Crippen LogP) is 0.250. The molecule has 0 spiro atoms. The highest BCUT2D eigenvalue weighted by Crippen LogP contribution is 2.08. The van der Waals surface area contributed by atoms with Gasteiger partial charge in [-0.3, -0.25) is 19.3 Å². The van der Waals surface area contributed by atoms with Crippen molar-refractivity contribution in [2.24, 2.45) is 0 Å². The summed E-state index contributed by atoms with van der Waals surface area (Å²) in [4.78, 5) is 36.6. The molecule has 1 saturated heterocycles. The van der Waals surface area contributed by atoms with Gasteiger partial charge in [0.25, 0.3) is 0 Å². The summed E-state index contributed by atoms with van der Waals surface area (Å²) >= 11 is 0. The lowest BCUT2D eigenvalue weighted by molar-refractivity contribution is -0.139. The Morgan fingerprint density at radius 1 is 0.950 bits per heavy atom. The van der Waals surface area contributed by atoms with Crippen LogP contribution < -0.4 is 0 Å². The normalized spacial score (nSPS) is 14.8. The maximum Gasteiger partial charge on any atom is 0.304 e. The van der Waals surface area contributed by atoms with Crippen LogP contribution in [0.25, 0.3) is 0 Å². The molecule has 114 valence electrons. The first-order valence-electron chi connectivity index (χ1n) is 6.92. The van der Waals surface area contributed by atoms with Gasteiger partial charge in [-0.05, 0) is 25.8 Å². The van der Waals surface area contributed by atoms with E-state index in [1.54, 1.807) is 9.80 Å². The number of rotatable bonds is 9. The van der Waals surface area contributed by atoms with Crippen LogP contribution in [0, 0.1) is 0 Å². The molecular formula is C13H22N2O5. The van der Waals surface area contributed by atoms with Crippen LogP contribution in [0.2, 0.25) is 0 Å². The summed E-state index contributed by atoms with van der Waals surface area (Å²) < 4.78 is 0. The van der Waals surface area contributed by atoms with Crippen molar-refractivity contribution in [3.05, 3.63) is 0 Å². The molecule has 7 heteroatoms. The monoisotopic (exact) mass is 286 g/mol. The van der Waals surface area contributed by atoms with Gasteiger partial charge in [-0.2, -0.15) is 0 Å². The lowest BCUT2D eigenvalue weighted by atomic mass is 10.2. The van der Waals surface area contributed by atoms with E-state index in [1.165, 1.54) is 0 Å². The molecule has 20 heavy (non-hydrogen) atoms. The molecule has 1 fully saturated rings. The summed E-state index contributed by atoms with van der Waals surface area (Å²) in [6, 6.07) is 0. The average molecular weight is 286 g/mol. The molecule has 0 aromatic rings. The van der Waals surface area contributed by atoms with Crippen LogP contribution in [-0.4, -0.2) is 70.6 Å². The Morgan fingerprint density at radius 3 is 2.10 bits per heavy atom. The summed E-state index contributed by atoms with van der Waals surface area (Å²) in [6.45, 7) is 2.40. The zero-order chi connectivity index (χ0) is 15.0. The molecule has 2 N–H and O–H groups in total. The number of carbonyl (C=O) groups is 3. The fourth-order valence-corrected chi connectivity index (χ4v) is 2.24. The third-order valence-corrected chi connectivity index (χ3v) is 3.32. The van der Waals surface area contributed by atoms with E-state index in [-0.39, 0.29) is 31.8 Å². The van der Waals surface area contributed by atoms with Crippen LogP contribution >= 0.6 is 0 Å². The van der Waals surface area contributed by atoms with Crippen molar-refractivity contribution in [3.8, 4) is 0 Å². The minimum Gasteiger partial charge on any atom is -0.481 e. The summed E-state index contributed by atoms with van der Waals surface area (Å²) in [6.07, 6.45) is 2.43. The third-order valence-electron chi connectivity index (χ3n) is 3.32. The fraction of sp³-hybridized carbons (Fsp3) is 0.769. The van der Waals surface area contributed by atoms with Gasteiger partial charge in [0, 0.05) is 26.1 Å². The second-order valence-electron chi connectivity index (χ2n) is 5.01. The fourth-order valence-electron chi connectivity index (χ4n) is 2.24. The van der Waals surface area contributed by atoms with Crippen molar-refractivity contribution in [3.63, 3.8) is 0 Å². The molecule has 0 unspecified atom stereocenters. The first-order valence-corrected chi connectivity index (χ1v) is 6.92. The molecule has 1 heterocycles. The Hall–Kier alpha value is -1.63. The summed E-state index contributed by atoms with van der Waals surface area (Å²) in [5.74, 6) is -1.79. The van der Waals surface area contributed by atoms with E-state index in [2.05, 4.69) is 0 Å². The molecule has 0 saturated carbocycles. The molecule has 1 aliphatic heterocycles. The predicted molar refractivity (Wildman–Crippen MR) is 71.4 cm³/mol. The Bertz CT molecular complexity index is 353. The third kappa shape index (κ3) is 6.51. The number of carboxylic acid groups (broad SMARTS) is 2. The van der Waals surface area contributed by atoms with Gasteiger partial charge in [0.15, 0.2) is 0 Å². The molecular weight excluding hydrogens is 264 g/mol. The molecule has 0 aromatic carbocycles. The van der Waals surface area contributed by atoms with Gasteiger partial charge < -0.3 is 15.1 Å². The molecule has 1 amide bonds. The van der Waals surface area contributed by atoms with Crippen LogP contribution in [0.4, 0.5) is 0 Å². The van der Waals surface area contributed by atoms with Gasteiger partial charge in [0.1, 0.15) is 0 Å². The van der Waals surface area contributed by atoms with Gasteiger partial charge in [-0.1, -0.05) is 0 Å². The molecule has 1 aliphatic rings. The number of likely N-dealkylation sites (tertiary alicyclic amines) is 1. The van der Waals surface area contributed by atoms with Gasteiger partial charge in [-0.15, -0.1) is 0 Å². The highest BCUT2D eigenvalue weighted by molar-refractivity contribution is 5.78. The number of hydrogen-bond acceptors (Lipinski definition) is 4. The number of hydrogen-bond donors (Lipinski definition) is 2. The Kier molecular flexibility index (Phi) is 7.00. The Balaban J connectivity index is 2.40. The van der Waals surface area contributed by atoms with Crippen LogP contribution in [0.15, 0.2) is 0 Å². The molecule has 0 aromatic heterocycles. The van der Waals surface area contributed by atoms with Crippen molar-refractivity contribution in [1.82, 2.24) is 9.80 Å². The van der Waals surface area contributed by atoms with E-state index >= 15 is 0 Å². The summed E-state index contributed by atoms with van der Waals surface area (Å²) in [5, 5.41) is 17.3. The average Bonchev–Trinajstić information content (AvgIpc) is 2.88. The smallest absolute Gasteiger partial charge is 0.304 e. The van der Waals surface area contributed by atoms with E-state index in [1.807, 2.05) is 0 Å². The van der Waals surface area contributed by atoms with Gasteiger partial charge in [0.2, 0.25) is 5.91 Å². The van der Waals surface area contributed by atoms with Crippen molar-refractivity contribution < 1.29 is 24.6 Å². The standard InChI is InChI=1S/C13H22N2O5/c16-11(15-7-1-2-8-15)10-14(9-5-13(19)20)6-3-4-12(17)18/h1-10H2,(H,17,18)(H,19,20). The van der Waals surface area contributed by atoms with E-state index in [0.29, 0.717) is 13.0 Å². The quantitative estimate of drug-likeness (QED) is 0.630. The van der Waals surface area contributed by atoms with Crippen LogP contribution in [-0.2, 0) is 14.4 Å². The maximum atomic E-state index is 12.0. The Labute approximate surface area is 118 Å². The van der Waals surface area contributed by atoms with E-state index in [0.717, 1.165) is 25.9 Å². The zero-order valence-electron chi connectivity index (χ0n) is 11.6. The molecule has 1 rings (SSSR count). The molecule has 7 nitrogen and oxygen atoms in total. The molecule has 0 radical (unpaired) electrons. The second kappa shape index (κ2) is 8.52. The maximum absolute atomic E-state index is 12.0. The molecule has 0 aliphatic carbocycles.